The summed E-state index contributed by atoms with van der Waals surface area (Å²) in [5.41, 5.74) is 2.09. The van der Waals surface area contributed by atoms with Crippen molar-refractivity contribution in [2.75, 3.05) is 12.4 Å². The zero-order valence-corrected chi connectivity index (χ0v) is 13.5. The van der Waals surface area contributed by atoms with E-state index in [1.807, 2.05) is 19.1 Å². The average Bonchev–Trinajstić information content (AvgIpc) is 3.02. The number of H-pyrrole nitrogens is 1. The maximum atomic E-state index is 11.2. The number of carboxylic acids is 1. The first-order valence-electron chi connectivity index (χ1n) is 7.35. The molecule has 8 heteroatoms. The Morgan fingerprint density at radius 1 is 1.28 bits per heavy atom. The molecule has 0 aliphatic rings. The van der Waals surface area contributed by atoms with Gasteiger partial charge in [0.15, 0.2) is 0 Å². The fourth-order valence-electron chi connectivity index (χ4n) is 2.63. The SMILES string of the molecule is COc1cc(Nc2ccc([N+](=O)[O-])c3[nH]c(C(=O)O)cc23)ccc1C. The first-order valence-corrected chi connectivity index (χ1v) is 7.35. The fraction of sp³-hybridized carbons (Fsp3) is 0.118. The minimum atomic E-state index is -1.19. The van der Waals surface area contributed by atoms with Crippen molar-refractivity contribution >= 4 is 33.9 Å². The Kier molecular flexibility index (Phi) is 4.02. The van der Waals surface area contributed by atoms with Gasteiger partial charge in [-0.05, 0) is 30.7 Å². The van der Waals surface area contributed by atoms with E-state index in [1.54, 1.807) is 19.2 Å². The number of hydrogen-bond acceptors (Lipinski definition) is 5. The summed E-state index contributed by atoms with van der Waals surface area (Å²) in [5, 5.41) is 23.9. The molecule has 0 saturated heterocycles. The van der Waals surface area contributed by atoms with E-state index in [1.165, 1.54) is 12.1 Å². The van der Waals surface area contributed by atoms with E-state index < -0.39 is 10.9 Å². The molecule has 0 unspecified atom stereocenters. The molecule has 0 spiro atoms. The summed E-state index contributed by atoms with van der Waals surface area (Å²) >= 11 is 0. The smallest absolute Gasteiger partial charge is 0.352 e. The molecule has 0 aliphatic heterocycles. The highest BCUT2D eigenvalue weighted by atomic mass is 16.6. The Labute approximate surface area is 142 Å². The number of aryl methyl sites for hydroxylation is 1. The third-order valence-electron chi connectivity index (χ3n) is 3.89. The third-order valence-corrected chi connectivity index (χ3v) is 3.89. The van der Waals surface area contributed by atoms with Crippen LogP contribution in [0, 0.1) is 17.0 Å². The highest BCUT2D eigenvalue weighted by Gasteiger charge is 2.19. The molecule has 3 N–H and O–H groups in total. The molecule has 0 amide bonds. The highest BCUT2D eigenvalue weighted by molar-refractivity contribution is 6.03. The maximum Gasteiger partial charge on any atom is 0.352 e. The van der Waals surface area contributed by atoms with Crippen molar-refractivity contribution in [3.05, 3.63) is 57.8 Å². The number of aromatic amines is 1. The normalized spacial score (nSPS) is 10.6. The Bertz CT molecular complexity index is 993. The largest absolute Gasteiger partial charge is 0.496 e. The third kappa shape index (κ3) is 2.97. The number of methoxy groups -OCH3 is 1. The second-order valence-electron chi connectivity index (χ2n) is 5.48. The lowest BCUT2D eigenvalue weighted by atomic mass is 10.1. The molecule has 3 aromatic rings. The summed E-state index contributed by atoms with van der Waals surface area (Å²) < 4.78 is 5.28. The van der Waals surface area contributed by atoms with Gasteiger partial charge in [-0.15, -0.1) is 0 Å². The lowest BCUT2D eigenvalue weighted by molar-refractivity contribution is -0.383. The molecule has 0 saturated carbocycles. The number of aromatic carboxylic acids is 1. The molecule has 0 fully saturated rings. The van der Waals surface area contributed by atoms with E-state index in [-0.39, 0.29) is 16.9 Å². The predicted octanol–water partition coefficient (Wildman–Crippen LogP) is 3.83. The molecule has 0 aliphatic carbocycles. The zero-order valence-electron chi connectivity index (χ0n) is 13.5. The number of nitrogens with zero attached hydrogens (tertiary/aromatic N) is 1. The number of carbonyl (C=O) groups is 1. The fourth-order valence-corrected chi connectivity index (χ4v) is 2.63. The molecule has 1 heterocycles. The van der Waals surface area contributed by atoms with Gasteiger partial charge in [0.1, 0.15) is 17.0 Å². The molecular weight excluding hydrogens is 326 g/mol. The lowest BCUT2D eigenvalue weighted by Crippen LogP contribution is -1.96. The molecule has 1 aromatic heterocycles. The van der Waals surface area contributed by atoms with Crippen LogP contribution in [0.15, 0.2) is 36.4 Å². The molecule has 0 bridgehead atoms. The van der Waals surface area contributed by atoms with Crippen molar-refractivity contribution < 1.29 is 19.6 Å². The number of carboxylic acid groups (broad SMARTS) is 1. The number of rotatable bonds is 5. The first-order chi connectivity index (χ1) is 11.9. The van der Waals surface area contributed by atoms with E-state index >= 15 is 0 Å². The minimum Gasteiger partial charge on any atom is -0.496 e. The molecule has 25 heavy (non-hydrogen) atoms. The van der Waals surface area contributed by atoms with Crippen molar-refractivity contribution in [1.82, 2.24) is 4.98 Å². The van der Waals surface area contributed by atoms with Crippen molar-refractivity contribution in [3.8, 4) is 5.75 Å². The van der Waals surface area contributed by atoms with Gasteiger partial charge >= 0.3 is 5.97 Å². The topological polar surface area (TPSA) is 117 Å². The van der Waals surface area contributed by atoms with Crippen LogP contribution in [0.5, 0.6) is 5.75 Å². The lowest BCUT2D eigenvalue weighted by Gasteiger charge is -2.11. The zero-order chi connectivity index (χ0) is 18.1. The van der Waals surface area contributed by atoms with Gasteiger partial charge < -0.3 is 20.1 Å². The van der Waals surface area contributed by atoms with Gasteiger partial charge in [0.05, 0.1) is 12.0 Å². The number of nitrogens with one attached hydrogen (secondary N) is 2. The summed E-state index contributed by atoms with van der Waals surface area (Å²) in [6.45, 7) is 1.91. The van der Waals surface area contributed by atoms with Crippen LogP contribution in [-0.4, -0.2) is 28.1 Å². The Balaban J connectivity index is 2.12. The summed E-state index contributed by atoms with van der Waals surface area (Å²) in [6, 6.07) is 9.77. The van der Waals surface area contributed by atoms with E-state index in [0.717, 1.165) is 11.3 Å². The molecule has 0 atom stereocenters. The van der Waals surface area contributed by atoms with Crippen LogP contribution < -0.4 is 10.1 Å². The predicted molar refractivity (Wildman–Crippen MR) is 92.9 cm³/mol. The van der Waals surface area contributed by atoms with Crippen LogP contribution in [0.1, 0.15) is 16.1 Å². The number of fused-ring (bicyclic) bond motifs is 1. The van der Waals surface area contributed by atoms with Gasteiger partial charge in [-0.2, -0.15) is 0 Å². The van der Waals surface area contributed by atoms with E-state index in [9.17, 15) is 14.9 Å². The van der Waals surface area contributed by atoms with Gasteiger partial charge in [-0.25, -0.2) is 4.79 Å². The molecule has 3 rings (SSSR count). The van der Waals surface area contributed by atoms with Crippen molar-refractivity contribution in [2.45, 2.75) is 6.92 Å². The highest BCUT2D eigenvalue weighted by Crippen LogP contribution is 2.34. The standard InChI is InChI=1S/C17H15N3O5/c1-9-3-4-10(7-15(9)25-2)18-12-5-6-14(20(23)24)16-11(12)8-13(19-16)17(21)22/h3-8,18-19H,1-2H3,(H,21,22). The van der Waals surface area contributed by atoms with Gasteiger partial charge in [0, 0.05) is 28.9 Å². The van der Waals surface area contributed by atoms with Crippen molar-refractivity contribution in [3.63, 3.8) is 0 Å². The average molecular weight is 341 g/mol. The number of ether oxygens (including phenoxy) is 1. The van der Waals surface area contributed by atoms with Crippen LogP contribution in [0.3, 0.4) is 0 Å². The van der Waals surface area contributed by atoms with Crippen molar-refractivity contribution in [2.24, 2.45) is 0 Å². The van der Waals surface area contributed by atoms with E-state index in [2.05, 4.69) is 10.3 Å². The molecule has 8 nitrogen and oxygen atoms in total. The van der Waals surface area contributed by atoms with Crippen molar-refractivity contribution in [1.29, 1.82) is 0 Å². The van der Waals surface area contributed by atoms with Gasteiger partial charge in [-0.3, -0.25) is 10.1 Å². The molecule has 128 valence electrons. The number of anilines is 2. The van der Waals surface area contributed by atoms with Gasteiger partial charge in [-0.1, -0.05) is 6.07 Å². The van der Waals surface area contributed by atoms with Gasteiger partial charge in [0.25, 0.3) is 5.69 Å². The molecule has 2 aromatic carbocycles. The Hall–Kier alpha value is -3.55. The minimum absolute atomic E-state index is 0.117. The summed E-state index contributed by atoms with van der Waals surface area (Å²) in [5.74, 6) is -0.489. The molecular formula is C17H15N3O5. The second kappa shape index (κ2) is 6.16. The van der Waals surface area contributed by atoms with Gasteiger partial charge in [0.2, 0.25) is 0 Å². The number of hydrogen-bond donors (Lipinski definition) is 3. The molecule has 0 radical (unpaired) electrons. The monoisotopic (exact) mass is 341 g/mol. The number of nitro benzene ring substituents is 1. The maximum absolute atomic E-state index is 11.2. The number of benzene rings is 2. The van der Waals surface area contributed by atoms with E-state index in [0.29, 0.717) is 16.8 Å². The number of nitro groups is 1. The summed E-state index contributed by atoms with van der Waals surface area (Å²) in [6.07, 6.45) is 0. The second-order valence-corrected chi connectivity index (χ2v) is 5.48. The summed E-state index contributed by atoms with van der Waals surface area (Å²) in [7, 11) is 1.57. The summed E-state index contributed by atoms with van der Waals surface area (Å²) in [4.78, 5) is 24.4. The van der Waals surface area contributed by atoms with Crippen LogP contribution in [0.25, 0.3) is 10.9 Å². The van der Waals surface area contributed by atoms with Crippen LogP contribution >= 0.6 is 0 Å². The first kappa shape index (κ1) is 16.3. The number of aromatic nitrogens is 1. The number of non-ortho nitro benzene ring substituents is 1. The van der Waals surface area contributed by atoms with Crippen LogP contribution in [0.4, 0.5) is 17.1 Å². The quantitative estimate of drug-likeness (QED) is 0.479. The Morgan fingerprint density at radius 3 is 2.68 bits per heavy atom. The Morgan fingerprint density at radius 2 is 2.04 bits per heavy atom. The van der Waals surface area contributed by atoms with E-state index in [4.69, 9.17) is 9.84 Å². The van der Waals surface area contributed by atoms with Crippen LogP contribution in [0.2, 0.25) is 0 Å². The van der Waals surface area contributed by atoms with Crippen LogP contribution in [-0.2, 0) is 0 Å².